The summed E-state index contributed by atoms with van der Waals surface area (Å²) < 4.78 is 0. The largest absolute Gasteiger partial charge is 0.396 e. The van der Waals surface area contributed by atoms with Gasteiger partial charge in [0.25, 0.3) is 0 Å². The molecule has 0 saturated carbocycles. The Hall–Kier alpha value is -0.120. The van der Waals surface area contributed by atoms with E-state index in [0.29, 0.717) is 18.6 Å². The smallest absolute Gasteiger partial charge is 0.0468 e. The van der Waals surface area contributed by atoms with Crippen LogP contribution in [0.2, 0.25) is 0 Å². The molecule has 0 aromatic heterocycles. The first-order valence-electron chi connectivity index (χ1n) is 6.77. The van der Waals surface area contributed by atoms with Crippen molar-refractivity contribution in [3.8, 4) is 0 Å². The minimum Gasteiger partial charge on any atom is -0.396 e. The molecule has 16 heavy (non-hydrogen) atoms. The molecule has 0 aromatic carbocycles. The highest BCUT2D eigenvalue weighted by atomic mass is 16.3. The van der Waals surface area contributed by atoms with E-state index < -0.39 is 0 Å². The van der Waals surface area contributed by atoms with E-state index in [0.717, 1.165) is 18.6 Å². The fraction of sp³-hybridized carbons (Fsp3) is 1.00. The molecule has 2 aliphatic rings. The monoisotopic (exact) mass is 226 g/mol. The molecular weight excluding hydrogens is 200 g/mol. The molecule has 2 N–H and O–H groups in total. The highest BCUT2D eigenvalue weighted by Gasteiger charge is 2.35. The van der Waals surface area contributed by atoms with Gasteiger partial charge in [-0.2, -0.15) is 0 Å². The van der Waals surface area contributed by atoms with E-state index >= 15 is 0 Å². The number of hydrogen-bond acceptors (Lipinski definition) is 3. The van der Waals surface area contributed by atoms with Gasteiger partial charge in [-0.1, -0.05) is 13.3 Å². The number of nitrogens with zero attached hydrogens (tertiary/aromatic N) is 1. The van der Waals surface area contributed by atoms with Gasteiger partial charge >= 0.3 is 0 Å². The van der Waals surface area contributed by atoms with Crippen LogP contribution in [0.25, 0.3) is 0 Å². The fourth-order valence-electron chi connectivity index (χ4n) is 3.21. The van der Waals surface area contributed by atoms with Crippen molar-refractivity contribution in [1.82, 2.24) is 10.2 Å². The van der Waals surface area contributed by atoms with Gasteiger partial charge < -0.3 is 15.3 Å². The molecule has 3 heteroatoms. The van der Waals surface area contributed by atoms with Crippen molar-refractivity contribution >= 4 is 0 Å². The summed E-state index contributed by atoms with van der Waals surface area (Å²) in [6.07, 6.45) is 6.76. The summed E-state index contributed by atoms with van der Waals surface area (Å²) in [5, 5.41) is 12.7. The SMILES string of the molecule is CC(CO)CNC1CC2CCCC(C1)N2C. The van der Waals surface area contributed by atoms with Crippen LogP contribution in [0.15, 0.2) is 0 Å². The molecule has 0 radical (unpaired) electrons. The Kier molecular flexibility index (Phi) is 4.22. The molecule has 2 bridgehead atoms. The lowest BCUT2D eigenvalue weighted by molar-refractivity contribution is 0.0472. The lowest BCUT2D eigenvalue weighted by Gasteiger charge is -2.47. The van der Waals surface area contributed by atoms with Crippen LogP contribution >= 0.6 is 0 Å². The number of aliphatic hydroxyl groups is 1. The maximum absolute atomic E-state index is 9.02. The summed E-state index contributed by atoms with van der Waals surface area (Å²) in [5.74, 6) is 0.388. The molecule has 2 rings (SSSR count). The second-order valence-corrected chi connectivity index (χ2v) is 5.77. The predicted octanol–water partition coefficient (Wildman–Crippen LogP) is 1.22. The van der Waals surface area contributed by atoms with Gasteiger partial charge in [0.1, 0.15) is 0 Å². The minimum absolute atomic E-state index is 0.298. The zero-order valence-corrected chi connectivity index (χ0v) is 10.7. The Morgan fingerprint density at radius 1 is 1.31 bits per heavy atom. The number of rotatable bonds is 4. The first kappa shape index (κ1) is 12.3. The van der Waals surface area contributed by atoms with Crippen LogP contribution in [0.5, 0.6) is 0 Å². The molecule has 0 aromatic rings. The molecule has 0 spiro atoms. The molecule has 3 unspecified atom stereocenters. The van der Waals surface area contributed by atoms with Gasteiger partial charge in [0, 0.05) is 31.3 Å². The molecule has 3 nitrogen and oxygen atoms in total. The maximum atomic E-state index is 9.02. The summed E-state index contributed by atoms with van der Waals surface area (Å²) in [4.78, 5) is 2.59. The van der Waals surface area contributed by atoms with E-state index in [1.807, 2.05) is 0 Å². The minimum atomic E-state index is 0.298. The maximum Gasteiger partial charge on any atom is 0.0468 e. The van der Waals surface area contributed by atoms with Crippen LogP contribution in [-0.2, 0) is 0 Å². The van der Waals surface area contributed by atoms with Gasteiger partial charge in [-0.25, -0.2) is 0 Å². The highest BCUT2D eigenvalue weighted by molar-refractivity contribution is 4.93. The van der Waals surface area contributed by atoms with E-state index in [9.17, 15) is 0 Å². The van der Waals surface area contributed by atoms with Crippen LogP contribution < -0.4 is 5.32 Å². The summed E-state index contributed by atoms with van der Waals surface area (Å²) in [6, 6.07) is 2.28. The molecule has 2 fully saturated rings. The lowest BCUT2D eigenvalue weighted by atomic mass is 9.82. The molecule has 2 aliphatic heterocycles. The van der Waals surface area contributed by atoms with Crippen LogP contribution in [0, 0.1) is 5.92 Å². The molecule has 0 amide bonds. The van der Waals surface area contributed by atoms with Crippen LogP contribution in [0.3, 0.4) is 0 Å². The summed E-state index contributed by atoms with van der Waals surface area (Å²) >= 11 is 0. The zero-order valence-electron chi connectivity index (χ0n) is 10.7. The van der Waals surface area contributed by atoms with Crippen molar-refractivity contribution in [3.63, 3.8) is 0 Å². The van der Waals surface area contributed by atoms with Gasteiger partial charge in [-0.15, -0.1) is 0 Å². The molecule has 3 atom stereocenters. The Balaban J connectivity index is 1.80. The lowest BCUT2D eigenvalue weighted by Crippen LogP contribution is -2.54. The number of aliphatic hydroxyl groups excluding tert-OH is 1. The molecule has 94 valence electrons. The first-order chi connectivity index (χ1) is 7.70. The van der Waals surface area contributed by atoms with E-state index in [2.05, 4.69) is 24.2 Å². The van der Waals surface area contributed by atoms with Gasteiger partial charge in [-0.3, -0.25) is 0 Å². The van der Waals surface area contributed by atoms with E-state index in [-0.39, 0.29) is 0 Å². The number of hydrogen-bond donors (Lipinski definition) is 2. The van der Waals surface area contributed by atoms with E-state index in [1.54, 1.807) is 0 Å². The summed E-state index contributed by atoms with van der Waals surface area (Å²) in [5.41, 5.74) is 0. The Morgan fingerprint density at radius 3 is 2.50 bits per heavy atom. The standard InChI is InChI=1S/C13H26N2O/c1-10(9-16)8-14-11-6-12-4-3-5-13(7-11)15(12)2/h10-14,16H,3-9H2,1-2H3. The average molecular weight is 226 g/mol. The molecule has 0 aliphatic carbocycles. The summed E-state index contributed by atoms with van der Waals surface area (Å²) in [6.45, 7) is 3.36. The number of piperidine rings is 2. The number of nitrogens with one attached hydrogen (secondary N) is 1. The predicted molar refractivity (Wildman–Crippen MR) is 66.5 cm³/mol. The molecular formula is C13H26N2O. The van der Waals surface area contributed by atoms with Crippen molar-refractivity contribution in [2.75, 3.05) is 20.2 Å². The Labute approximate surface area is 99.2 Å². The van der Waals surface area contributed by atoms with E-state index in [1.165, 1.54) is 32.1 Å². The second kappa shape index (κ2) is 5.48. The first-order valence-corrected chi connectivity index (χ1v) is 6.77. The van der Waals surface area contributed by atoms with Gasteiger partial charge in [0.15, 0.2) is 0 Å². The average Bonchev–Trinajstić information content (AvgIpc) is 2.26. The highest BCUT2D eigenvalue weighted by Crippen LogP contribution is 2.32. The fourth-order valence-corrected chi connectivity index (χ4v) is 3.21. The Morgan fingerprint density at radius 2 is 1.94 bits per heavy atom. The van der Waals surface area contributed by atoms with Crippen LogP contribution in [0.1, 0.15) is 39.0 Å². The van der Waals surface area contributed by atoms with Gasteiger partial charge in [-0.05, 0) is 38.6 Å². The summed E-state index contributed by atoms with van der Waals surface area (Å²) in [7, 11) is 2.29. The van der Waals surface area contributed by atoms with Crippen molar-refractivity contribution in [2.45, 2.75) is 57.2 Å². The van der Waals surface area contributed by atoms with Gasteiger partial charge in [0.05, 0.1) is 0 Å². The van der Waals surface area contributed by atoms with Crippen molar-refractivity contribution in [1.29, 1.82) is 0 Å². The van der Waals surface area contributed by atoms with Crippen LogP contribution in [0.4, 0.5) is 0 Å². The van der Waals surface area contributed by atoms with Crippen molar-refractivity contribution in [2.24, 2.45) is 5.92 Å². The third-order valence-electron chi connectivity index (χ3n) is 4.41. The van der Waals surface area contributed by atoms with Gasteiger partial charge in [0.2, 0.25) is 0 Å². The quantitative estimate of drug-likeness (QED) is 0.756. The molecule has 2 heterocycles. The Bertz CT molecular complexity index is 208. The molecule has 2 saturated heterocycles. The van der Waals surface area contributed by atoms with Crippen molar-refractivity contribution < 1.29 is 5.11 Å². The number of fused-ring (bicyclic) bond motifs is 2. The second-order valence-electron chi connectivity index (χ2n) is 5.77. The third kappa shape index (κ3) is 2.76. The van der Waals surface area contributed by atoms with Crippen molar-refractivity contribution in [3.05, 3.63) is 0 Å². The normalized spacial score (nSPS) is 37.3. The topological polar surface area (TPSA) is 35.5 Å². The van der Waals surface area contributed by atoms with Crippen LogP contribution in [-0.4, -0.2) is 48.3 Å². The van der Waals surface area contributed by atoms with E-state index in [4.69, 9.17) is 5.11 Å². The zero-order chi connectivity index (χ0) is 11.5. The third-order valence-corrected chi connectivity index (χ3v) is 4.41.